The van der Waals surface area contributed by atoms with Crippen molar-refractivity contribution in [3.63, 3.8) is 0 Å². The Kier molecular flexibility index (Phi) is 8.98. The van der Waals surface area contributed by atoms with E-state index in [9.17, 15) is 0 Å². The molecule has 0 amide bonds. The summed E-state index contributed by atoms with van der Waals surface area (Å²) in [4.78, 5) is 4.30. The fourth-order valence-corrected chi connectivity index (χ4v) is 3.00. The topological polar surface area (TPSA) is 63.5 Å². The fourth-order valence-electron chi connectivity index (χ4n) is 3.00. The van der Waals surface area contributed by atoms with Crippen LogP contribution in [0.3, 0.4) is 0 Å². The number of para-hydroxylation sites is 1. The molecule has 3 aromatic rings. The molecule has 0 radical (unpaired) electrons. The third kappa shape index (κ3) is 6.49. The van der Waals surface area contributed by atoms with Crippen LogP contribution in [0, 0.1) is 6.92 Å². The zero-order chi connectivity index (χ0) is 19.8. The van der Waals surface area contributed by atoms with Crippen LogP contribution in [0.1, 0.15) is 16.7 Å². The number of rotatable bonds is 7. The van der Waals surface area contributed by atoms with Crippen molar-refractivity contribution in [1.82, 2.24) is 20.4 Å². The van der Waals surface area contributed by atoms with Crippen LogP contribution in [0.15, 0.2) is 65.9 Å². The van der Waals surface area contributed by atoms with Gasteiger partial charge in [0.25, 0.3) is 0 Å². The number of aryl methyl sites for hydroxylation is 1. The summed E-state index contributed by atoms with van der Waals surface area (Å²) in [6, 6.07) is 16.3. The van der Waals surface area contributed by atoms with Crippen LogP contribution >= 0.6 is 24.0 Å². The van der Waals surface area contributed by atoms with Gasteiger partial charge in [-0.3, -0.25) is 4.99 Å². The molecule has 2 N–H and O–H groups in total. The Bertz CT molecular complexity index is 924. The van der Waals surface area contributed by atoms with Gasteiger partial charge in [0.2, 0.25) is 0 Å². The predicted molar refractivity (Wildman–Crippen MR) is 129 cm³/mol. The maximum atomic E-state index is 5.45. The van der Waals surface area contributed by atoms with Crippen LogP contribution in [-0.4, -0.2) is 36.4 Å². The molecule has 0 aliphatic rings. The predicted octanol–water partition coefficient (Wildman–Crippen LogP) is 3.72. The molecule has 0 spiro atoms. The van der Waals surface area contributed by atoms with E-state index in [0.29, 0.717) is 6.54 Å². The summed E-state index contributed by atoms with van der Waals surface area (Å²) in [5.74, 6) is 1.68. The Morgan fingerprint density at radius 3 is 2.66 bits per heavy atom. The van der Waals surface area contributed by atoms with Crippen LogP contribution in [0.4, 0.5) is 0 Å². The monoisotopic (exact) mass is 505 g/mol. The highest BCUT2D eigenvalue weighted by molar-refractivity contribution is 14.0. The molecule has 0 atom stereocenters. The van der Waals surface area contributed by atoms with Gasteiger partial charge in [-0.2, -0.15) is 5.10 Å². The van der Waals surface area contributed by atoms with E-state index in [1.165, 1.54) is 11.1 Å². The van der Waals surface area contributed by atoms with Crippen molar-refractivity contribution in [2.24, 2.45) is 4.99 Å². The lowest BCUT2D eigenvalue weighted by Crippen LogP contribution is -2.37. The minimum Gasteiger partial charge on any atom is -0.496 e. The first-order chi connectivity index (χ1) is 13.7. The highest BCUT2D eigenvalue weighted by atomic mass is 127. The molecule has 0 aliphatic carbocycles. The van der Waals surface area contributed by atoms with Gasteiger partial charge >= 0.3 is 0 Å². The van der Waals surface area contributed by atoms with Gasteiger partial charge in [-0.1, -0.05) is 35.9 Å². The summed E-state index contributed by atoms with van der Waals surface area (Å²) in [6.45, 7) is 3.51. The van der Waals surface area contributed by atoms with Crippen molar-refractivity contribution >= 4 is 29.9 Å². The van der Waals surface area contributed by atoms with Crippen LogP contribution in [0.5, 0.6) is 5.75 Å². The second kappa shape index (κ2) is 11.5. The molecule has 1 heterocycles. The number of hydrogen-bond donors (Lipinski definition) is 2. The SMILES string of the molecule is CN=C(NCCc1cc(C)ccc1OC)NCc1cnn(-c2ccccc2)c1.I. The van der Waals surface area contributed by atoms with Crippen molar-refractivity contribution in [2.45, 2.75) is 19.9 Å². The molecule has 7 heteroatoms. The molecule has 0 aliphatic heterocycles. The number of nitrogens with zero attached hydrogens (tertiary/aromatic N) is 3. The summed E-state index contributed by atoms with van der Waals surface area (Å²) >= 11 is 0. The number of aromatic nitrogens is 2. The number of nitrogens with one attached hydrogen (secondary N) is 2. The van der Waals surface area contributed by atoms with Crippen LogP contribution in [0.2, 0.25) is 0 Å². The zero-order valence-corrected chi connectivity index (χ0v) is 19.4. The number of hydrogen-bond acceptors (Lipinski definition) is 3. The van der Waals surface area contributed by atoms with Gasteiger partial charge in [0.15, 0.2) is 5.96 Å². The molecule has 0 fully saturated rings. The Hall–Kier alpha value is -2.55. The molecule has 0 unspecified atom stereocenters. The van der Waals surface area contributed by atoms with Crippen molar-refractivity contribution in [3.8, 4) is 11.4 Å². The van der Waals surface area contributed by atoms with E-state index in [0.717, 1.165) is 35.9 Å². The summed E-state index contributed by atoms with van der Waals surface area (Å²) in [5, 5.41) is 11.1. The smallest absolute Gasteiger partial charge is 0.191 e. The number of benzene rings is 2. The Balaban J connectivity index is 0.00000300. The van der Waals surface area contributed by atoms with Gasteiger partial charge < -0.3 is 15.4 Å². The van der Waals surface area contributed by atoms with Crippen LogP contribution < -0.4 is 15.4 Å². The molecule has 0 saturated heterocycles. The quantitative estimate of drug-likeness (QED) is 0.292. The first-order valence-corrected chi connectivity index (χ1v) is 9.36. The molecule has 0 saturated carbocycles. The van der Waals surface area contributed by atoms with Gasteiger partial charge in [0.1, 0.15) is 5.75 Å². The van der Waals surface area contributed by atoms with E-state index in [1.54, 1.807) is 14.2 Å². The van der Waals surface area contributed by atoms with E-state index in [1.807, 2.05) is 53.5 Å². The van der Waals surface area contributed by atoms with Crippen molar-refractivity contribution in [3.05, 3.63) is 77.6 Å². The number of ether oxygens (including phenoxy) is 1. The average molecular weight is 505 g/mol. The summed E-state index contributed by atoms with van der Waals surface area (Å²) < 4.78 is 7.32. The number of aliphatic imine (C=N–C) groups is 1. The van der Waals surface area contributed by atoms with Gasteiger partial charge in [-0.15, -0.1) is 24.0 Å². The van der Waals surface area contributed by atoms with E-state index in [4.69, 9.17) is 4.74 Å². The number of halogens is 1. The van der Waals surface area contributed by atoms with Crippen LogP contribution in [-0.2, 0) is 13.0 Å². The summed E-state index contributed by atoms with van der Waals surface area (Å²) in [5.41, 5.74) is 4.55. The van der Waals surface area contributed by atoms with Gasteiger partial charge in [0.05, 0.1) is 19.0 Å². The highest BCUT2D eigenvalue weighted by Gasteiger charge is 2.05. The maximum absolute atomic E-state index is 5.45. The largest absolute Gasteiger partial charge is 0.496 e. The zero-order valence-electron chi connectivity index (χ0n) is 17.1. The first-order valence-electron chi connectivity index (χ1n) is 9.36. The fraction of sp³-hybridized carbons (Fsp3) is 0.273. The molecular weight excluding hydrogens is 477 g/mol. The molecule has 154 valence electrons. The second-order valence-electron chi connectivity index (χ2n) is 6.55. The van der Waals surface area contributed by atoms with E-state index < -0.39 is 0 Å². The Labute approximate surface area is 189 Å². The van der Waals surface area contributed by atoms with Crippen molar-refractivity contribution < 1.29 is 4.74 Å². The molecule has 0 bridgehead atoms. The second-order valence-corrected chi connectivity index (χ2v) is 6.55. The van der Waals surface area contributed by atoms with Crippen molar-refractivity contribution in [2.75, 3.05) is 20.7 Å². The lowest BCUT2D eigenvalue weighted by molar-refractivity contribution is 0.409. The lowest BCUT2D eigenvalue weighted by Gasteiger charge is -2.13. The summed E-state index contributed by atoms with van der Waals surface area (Å²) in [7, 11) is 3.48. The van der Waals surface area contributed by atoms with E-state index in [-0.39, 0.29) is 24.0 Å². The average Bonchev–Trinajstić information content (AvgIpc) is 3.20. The van der Waals surface area contributed by atoms with Gasteiger partial charge in [-0.05, 0) is 37.1 Å². The van der Waals surface area contributed by atoms with E-state index >= 15 is 0 Å². The Morgan fingerprint density at radius 2 is 1.93 bits per heavy atom. The number of guanidine groups is 1. The Morgan fingerprint density at radius 1 is 1.14 bits per heavy atom. The third-order valence-electron chi connectivity index (χ3n) is 4.46. The molecule has 2 aromatic carbocycles. The minimum absolute atomic E-state index is 0. The minimum atomic E-state index is 0. The van der Waals surface area contributed by atoms with Crippen molar-refractivity contribution in [1.29, 1.82) is 0 Å². The molecule has 1 aromatic heterocycles. The maximum Gasteiger partial charge on any atom is 0.191 e. The molecule has 3 rings (SSSR count). The highest BCUT2D eigenvalue weighted by Crippen LogP contribution is 2.19. The van der Waals surface area contributed by atoms with Gasteiger partial charge in [-0.25, -0.2) is 4.68 Å². The first kappa shape index (κ1) is 22.7. The number of methoxy groups -OCH3 is 1. The molecule has 6 nitrogen and oxygen atoms in total. The van der Waals surface area contributed by atoms with Crippen LogP contribution in [0.25, 0.3) is 5.69 Å². The molecule has 29 heavy (non-hydrogen) atoms. The third-order valence-corrected chi connectivity index (χ3v) is 4.46. The normalized spacial score (nSPS) is 10.9. The standard InChI is InChI=1S/C22H27N5O.HI/c1-17-9-10-21(28-3)19(13-17)11-12-24-22(23-2)25-14-18-15-26-27(16-18)20-7-5-4-6-8-20;/h4-10,13,15-16H,11-12,14H2,1-3H3,(H2,23,24,25);1H. The lowest BCUT2D eigenvalue weighted by atomic mass is 10.1. The van der Waals surface area contributed by atoms with E-state index in [2.05, 4.69) is 39.8 Å². The van der Waals surface area contributed by atoms with Gasteiger partial charge in [0, 0.05) is 31.9 Å². The summed E-state index contributed by atoms with van der Waals surface area (Å²) in [6.07, 6.45) is 4.75. The molecular formula is C22H28IN5O.